The van der Waals surface area contributed by atoms with E-state index in [1.165, 1.54) is 0 Å². The van der Waals surface area contributed by atoms with Crippen LogP contribution in [0.5, 0.6) is 5.75 Å². The molecule has 1 saturated carbocycles. The van der Waals surface area contributed by atoms with E-state index in [4.69, 9.17) is 20.2 Å². The van der Waals surface area contributed by atoms with Crippen LogP contribution in [0.25, 0.3) is 0 Å². The second-order valence-corrected chi connectivity index (χ2v) is 7.34. The standard InChI is InChI=1S/C18H27N3O2/c1-11(2)23-13-7-5-12(6-8-13)20-17(19)21-15-14-9-10-22-16(14)18(15,3)4/h5-8,11,14-16H,9-10H2,1-4H3,(H3,19,20,21). The van der Waals surface area contributed by atoms with E-state index in [1.807, 2.05) is 38.1 Å². The molecule has 3 unspecified atom stereocenters. The summed E-state index contributed by atoms with van der Waals surface area (Å²) in [5.74, 6) is 1.82. The number of nitrogens with two attached hydrogens (primary N) is 1. The van der Waals surface area contributed by atoms with Crippen LogP contribution in [0.15, 0.2) is 29.3 Å². The van der Waals surface area contributed by atoms with Crippen LogP contribution in [0.2, 0.25) is 0 Å². The van der Waals surface area contributed by atoms with Gasteiger partial charge in [-0.1, -0.05) is 13.8 Å². The molecular weight excluding hydrogens is 290 g/mol. The maximum Gasteiger partial charge on any atom is 0.193 e. The minimum atomic E-state index is 0.0580. The molecule has 1 saturated heterocycles. The summed E-state index contributed by atoms with van der Waals surface area (Å²) in [6, 6.07) is 8.00. The van der Waals surface area contributed by atoms with Crippen LogP contribution >= 0.6 is 0 Å². The van der Waals surface area contributed by atoms with E-state index in [0.717, 1.165) is 24.5 Å². The fraction of sp³-hybridized carbons (Fsp3) is 0.611. The summed E-state index contributed by atoms with van der Waals surface area (Å²) in [6.45, 7) is 9.28. The van der Waals surface area contributed by atoms with Crippen molar-refractivity contribution in [3.8, 4) is 5.75 Å². The molecule has 3 N–H and O–H groups in total. The van der Waals surface area contributed by atoms with E-state index in [9.17, 15) is 0 Å². The molecule has 0 aromatic heterocycles. The average Bonchev–Trinajstić information content (AvgIpc) is 2.93. The number of fused-ring (bicyclic) bond motifs is 1. The minimum absolute atomic E-state index is 0.0580. The molecule has 1 aromatic rings. The quantitative estimate of drug-likeness (QED) is 0.661. The lowest BCUT2D eigenvalue weighted by Crippen LogP contribution is -2.59. The van der Waals surface area contributed by atoms with Gasteiger partial charge in [0.25, 0.3) is 0 Å². The molecule has 0 bridgehead atoms. The highest BCUT2D eigenvalue weighted by Crippen LogP contribution is 2.53. The van der Waals surface area contributed by atoms with Crippen molar-refractivity contribution in [3.05, 3.63) is 24.3 Å². The van der Waals surface area contributed by atoms with E-state index in [1.54, 1.807) is 0 Å². The van der Waals surface area contributed by atoms with Crippen LogP contribution in [-0.2, 0) is 4.74 Å². The maximum absolute atomic E-state index is 6.11. The lowest BCUT2D eigenvalue weighted by Gasteiger charge is -2.52. The van der Waals surface area contributed by atoms with E-state index >= 15 is 0 Å². The molecule has 5 nitrogen and oxygen atoms in total. The topological polar surface area (TPSA) is 68.9 Å². The summed E-state index contributed by atoms with van der Waals surface area (Å²) in [4.78, 5) is 4.72. The summed E-state index contributed by atoms with van der Waals surface area (Å²) in [7, 11) is 0. The number of nitrogens with zero attached hydrogens (tertiary/aromatic N) is 1. The smallest absolute Gasteiger partial charge is 0.193 e. The number of benzene rings is 1. The van der Waals surface area contributed by atoms with Gasteiger partial charge in [-0.25, -0.2) is 4.99 Å². The number of hydrogen-bond donors (Lipinski definition) is 2. The molecule has 0 radical (unpaired) electrons. The number of guanidine groups is 1. The molecule has 3 rings (SSSR count). The molecule has 23 heavy (non-hydrogen) atoms. The van der Waals surface area contributed by atoms with Gasteiger partial charge in [0.1, 0.15) is 5.75 Å². The van der Waals surface area contributed by atoms with E-state index in [2.05, 4.69) is 19.2 Å². The Morgan fingerprint density at radius 3 is 2.70 bits per heavy atom. The number of nitrogens with one attached hydrogen (secondary N) is 1. The third kappa shape index (κ3) is 3.15. The molecule has 2 aliphatic rings. The van der Waals surface area contributed by atoms with Crippen LogP contribution in [-0.4, -0.2) is 30.8 Å². The van der Waals surface area contributed by atoms with Crippen molar-refractivity contribution in [3.63, 3.8) is 0 Å². The number of hydrogen-bond acceptors (Lipinski definition) is 3. The third-order valence-corrected chi connectivity index (χ3v) is 4.82. The molecular formula is C18H27N3O2. The highest BCUT2D eigenvalue weighted by atomic mass is 16.5. The average molecular weight is 317 g/mol. The predicted octanol–water partition coefficient (Wildman–Crippen LogP) is 3.01. The van der Waals surface area contributed by atoms with Crippen molar-refractivity contribution in [2.75, 3.05) is 11.9 Å². The summed E-state index contributed by atoms with van der Waals surface area (Å²) in [5.41, 5.74) is 7.08. The second kappa shape index (κ2) is 6.04. The van der Waals surface area contributed by atoms with Crippen LogP contribution in [0.4, 0.5) is 5.69 Å². The summed E-state index contributed by atoms with van der Waals surface area (Å²) >= 11 is 0. The van der Waals surface area contributed by atoms with Crippen molar-refractivity contribution in [1.82, 2.24) is 0 Å². The third-order valence-electron chi connectivity index (χ3n) is 4.82. The van der Waals surface area contributed by atoms with Gasteiger partial charge in [0.2, 0.25) is 0 Å². The van der Waals surface area contributed by atoms with E-state index < -0.39 is 0 Å². The van der Waals surface area contributed by atoms with Crippen molar-refractivity contribution in [2.45, 2.75) is 52.4 Å². The molecule has 0 spiro atoms. The minimum Gasteiger partial charge on any atom is -0.491 e. The molecule has 1 aliphatic carbocycles. The van der Waals surface area contributed by atoms with Gasteiger partial charge in [-0.2, -0.15) is 0 Å². The Morgan fingerprint density at radius 2 is 2.04 bits per heavy atom. The molecule has 1 heterocycles. The van der Waals surface area contributed by atoms with E-state index in [0.29, 0.717) is 18.0 Å². The van der Waals surface area contributed by atoms with Gasteiger partial charge in [-0.3, -0.25) is 0 Å². The fourth-order valence-electron chi connectivity index (χ4n) is 3.78. The van der Waals surface area contributed by atoms with Crippen LogP contribution < -0.4 is 15.8 Å². The zero-order valence-electron chi connectivity index (χ0n) is 14.4. The van der Waals surface area contributed by atoms with Crippen molar-refractivity contribution >= 4 is 11.6 Å². The highest BCUT2D eigenvalue weighted by molar-refractivity contribution is 5.92. The maximum atomic E-state index is 6.11. The Morgan fingerprint density at radius 1 is 1.35 bits per heavy atom. The largest absolute Gasteiger partial charge is 0.491 e. The Labute approximate surface area is 138 Å². The van der Waals surface area contributed by atoms with Crippen LogP contribution in [0.1, 0.15) is 34.1 Å². The summed E-state index contributed by atoms with van der Waals surface area (Å²) in [5, 5.41) is 3.17. The Bertz CT molecular complexity index is 580. The summed E-state index contributed by atoms with van der Waals surface area (Å²) < 4.78 is 11.4. The number of anilines is 1. The molecule has 1 aromatic carbocycles. The highest BCUT2D eigenvalue weighted by Gasteiger charge is 2.59. The molecule has 2 fully saturated rings. The van der Waals surface area contributed by atoms with E-state index in [-0.39, 0.29) is 17.6 Å². The Balaban J connectivity index is 1.63. The van der Waals surface area contributed by atoms with Crippen molar-refractivity contribution < 1.29 is 9.47 Å². The van der Waals surface area contributed by atoms with Gasteiger partial charge in [0.05, 0.1) is 18.2 Å². The Hall–Kier alpha value is -1.75. The lowest BCUT2D eigenvalue weighted by molar-refractivity contribution is -0.0985. The zero-order chi connectivity index (χ0) is 16.6. The monoisotopic (exact) mass is 317 g/mol. The van der Waals surface area contributed by atoms with Gasteiger partial charge in [0, 0.05) is 23.6 Å². The first-order chi connectivity index (χ1) is 10.9. The lowest BCUT2D eigenvalue weighted by atomic mass is 9.57. The zero-order valence-corrected chi connectivity index (χ0v) is 14.4. The normalized spacial score (nSPS) is 29.1. The number of rotatable bonds is 4. The number of aliphatic imine (C=N–C) groups is 1. The first-order valence-electron chi connectivity index (χ1n) is 8.36. The molecule has 5 heteroatoms. The van der Waals surface area contributed by atoms with Gasteiger partial charge in [-0.15, -0.1) is 0 Å². The predicted molar refractivity (Wildman–Crippen MR) is 92.9 cm³/mol. The second-order valence-electron chi connectivity index (χ2n) is 7.34. The molecule has 0 amide bonds. The Kier molecular flexibility index (Phi) is 4.23. The van der Waals surface area contributed by atoms with Crippen molar-refractivity contribution in [2.24, 2.45) is 22.1 Å². The van der Waals surface area contributed by atoms with Gasteiger partial charge in [-0.05, 0) is 44.5 Å². The first kappa shape index (κ1) is 16.1. The molecule has 1 aliphatic heterocycles. The summed E-state index contributed by atoms with van der Waals surface area (Å²) in [6.07, 6.45) is 1.58. The first-order valence-corrected chi connectivity index (χ1v) is 8.36. The molecule has 3 atom stereocenters. The van der Waals surface area contributed by atoms with Gasteiger partial charge < -0.3 is 20.5 Å². The van der Waals surface area contributed by atoms with Gasteiger partial charge in [0.15, 0.2) is 5.96 Å². The van der Waals surface area contributed by atoms with Crippen molar-refractivity contribution in [1.29, 1.82) is 0 Å². The fourth-order valence-corrected chi connectivity index (χ4v) is 3.78. The van der Waals surface area contributed by atoms with Crippen LogP contribution in [0.3, 0.4) is 0 Å². The number of ether oxygens (including phenoxy) is 2. The van der Waals surface area contributed by atoms with Gasteiger partial charge >= 0.3 is 0 Å². The SMILES string of the molecule is CC(C)Oc1ccc(NC(N)=NC2C3CCOC3C2(C)C)cc1. The van der Waals surface area contributed by atoms with Crippen LogP contribution in [0, 0.1) is 11.3 Å². The molecule has 126 valence electrons.